The van der Waals surface area contributed by atoms with Crippen LogP contribution in [0.25, 0.3) is 0 Å². The smallest absolute Gasteiger partial charge is 0.0927 e. The monoisotopic (exact) mass is 175 g/mol. The Hall–Kier alpha value is -1.82. The SMILES string of the molecule is CN(C)C=CC#N.c1ccncc1. The molecule has 0 aromatic carbocycles. The van der Waals surface area contributed by atoms with Gasteiger partial charge in [0.05, 0.1) is 6.07 Å². The molecule has 0 saturated carbocycles. The fourth-order valence-corrected chi connectivity index (χ4v) is 0.495. The third-order valence-electron chi connectivity index (χ3n) is 1.01. The van der Waals surface area contributed by atoms with Crippen LogP contribution in [0.2, 0.25) is 0 Å². The molecule has 3 heteroatoms. The van der Waals surface area contributed by atoms with Gasteiger partial charge >= 0.3 is 0 Å². The summed E-state index contributed by atoms with van der Waals surface area (Å²) in [5.41, 5.74) is 0. The normalized spacial score (nSPS) is 8.38. The highest BCUT2D eigenvalue weighted by molar-refractivity contribution is 4.99. The zero-order valence-corrected chi connectivity index (χ0v) is 7.88. The van der Waals surface area contributed by atoms with Crippen molar-refractivity contribution in [2.24, 2.45) is 0 Å². The van der Waals surface area contributed by atoms with Crippen LogP contribution in [-0.2, 0) is 0 Å². The van der Waals surface area contributed by atoms with E-state index in [1.165, 1.54) is 6.08 Å². The van der Waals surface area contributed by atoms with Crippen LogP contribution >= 0.6 is 0 Å². The molecule has 0 atom stereocenters. The Kier molecular flexibility index (Phi) is 7.12. The van der Waals surface area contributed by atoms with E-state index in [-0.39, 0.29) is 0 Å². The Bertz CT molecular complexity index is 233. The van der Waals surface area contributed by atoms with E-state index in [2.05, 4.69) is 4.98 Å². The van der Waals surface area contributed by atoms with Gasteiger partial charge in [0.2, 0.25) is 0 Å². The van der Waals surface area contributed by atoms with E-state index in [4.69, 9.17) is 5.26 Å². The number of pyridine rings is 1. The minimum absolute atomic E-state index is 1.43. The van der Waals surface area contributed by atoms with Crippen molar-refractivity contribution < 1.29 is 0 Å². The highest BCUT2D eigenvalue weighted by Gasteiger charge is 1.69. The fourth-order valence-electron chi connectivity index (χ4n) is 0.495. The van der Waals surface area contributed by atoms with Gasteiger partial charge in [0.1, 0.15) is 0 Å². The van der Waals surface area contributed by atoms with Crippen molar-refractivity contribution in [3.8, 4) is 6.07 Å². The number of nitriles is 1. The molecular weight excluding hydrogens is 162 g/mol. The van der Waals surface area contributed by atoms with Gasteiger partial charge in [0, 0.05) is 38.8 Å². The first-order valence-corrected chi connectivity index (χ1v) is 3.85. The van der Waals surface area contributed by atoms with Crippen molar-refractivity contribution in [2.45, 2.75) is 0 Å². The molecule has 0 unspecified atom stereocenters. The van der Waals surface area contributed by atoms with Crippen molar-refractivity contribution in [1.29, 1.82) is 5.26 Å². The summed E-state index contributed by atoms with van der Waals surface area (Å²) in [6.07, 6.45) is 6.62. The zero-order valence-electron chi connectivity index (χ0n) is 7.88. The highest BCUT2D eigenvalue weighted by Crippen LogP contribution is 1.73. The second kappa shape index (κ2) is 8.28. The molecule has 0 fully saturated rings. The Morgan fingerprint density at radius 3 is 2.00 bits per heavy atom. The summed E-state index contributed by atoms with van der Waals surface area (Å²) in [7, 11) is 3.74. The van der Waals surface area contributed by atoms with Gasteiger partial charge in [-0.25, -0.2) is 0 Å². The first-order valence-electron chi connectivity index (χ1n) is 3.85. The molecule has 0 amide bonds. The molecule has 0 radical (unpaired) electrons. The molecule has 13 heavy (non-hydrogen) atoms. The lowest BCUT2D eigenvalue weighted by molar-refractivity contribution is 0.564. The molecule has 1 aromatic rings. The van der Waals surface area contributed by atoms with E-state index in [1.807, 2.05) is 43.3 Å². The van der Waals surface area contributed by atoms with Crippen LogP contribution < -0.4 is 0 Å². The number of allylic oxidation sites excluding steroid dienone is 1. The number of nitrogens with zero attached hydrogens (tertiary/aromatic N) is 3. The fraction of sp³-hybridized carbons (Fsp3) is 0.200. The van der Waals surface area contributed by atoms with Gasteiger partial charge in [-0.15, -0.1) is 0 Å². The molecule has 0 N–H and O–H groups in total. The molecule has 0 aliphatic heterocycles. The Morgan fingerprint density at radius 1 is 1.23 bits per heavy atom. The van der Waals surface area contributed by atoms with Crippen LogP contribution in [-0.4, -0.2) is 24.0 Å². The summed E-state index contributed by atoms with van der Waals surface area (Å²) in [6, 6.07) is 7.59. The molecule has 1 heterocycles. The molecule has 0 bridgehead atoms. The lowest BCUT2D eigenvalue weighted by atomic mass is 10.5. The number of rotatable bonds is 1. The third-order valence-corrected chi connectivity index (χ3v) is 1.01. The van der Waals surface area contributed by atoms with Gasteiger partial charge in [-0.05, 0) is 12.1 Å². The third kappa shape index (κ3) is 10.2. The van der Waals surface area contributed by atoms with Gasteiger partial charge in [0.25, 0.3) is 0 Å². The average molecular weight is 175 g/mol. The van der Waals surface area contributed by atoms with E-state index >= 15 is 0 Å². The molecule has 1 rings (SSSR count). The predicted molar refractivity (Wildman–Crippen MR) is 52.7 cm³/mol. The van der Waals surface area contributed by atoms with Crippen molar-refractivity contribution in [3.63, 3.8) is 0 Å². The first-order chi connectivity index (χ1) is 6.27. The van der Waals surface area contributed by atoms with Gasteiger partial charge in [-0.1, -0.05) is 6.07 Å². The van der Waals surface area contributed by atoms with E-state index < -0.39 is 0 Å². The molecular formula is C10H13N3. The van der Waals surface area contributed by atoms with Crippen LogP contribution in [0.3, 0.4) is 0 Å². The van der Waals surface area contributed by atoms with E-state index in [9.17, 15) is 0 Å². The van der Waals surface area contributed by atoms with Crippen LogP contribution in [0.1, 0.15) is 0 Å². The van der Waals surface area contributed by atoms with Crippen molar-refractivity contribution in [2.75, 3.05) is 14.1 Å². The Balaban J connectivity index is 0.000000223. The summed E-state index contributed by atoms with van der Waals surface area (Å²) in [5.74, 6) is 0. The molecule has 0 aliphatic rings. The second-order valence-corrected chi connectivity index (χ2v) is 2.43. The maximum absolute atomic E-state index is 7.95. The maximum atomic E-state index is 7.95. The Labute approximate surface area is 78.9 Å². The second-order valence-electron chi connectivity index (χ2n) is 2.43. The summed E-state index contributed by atoms with van der Waals surface area (Å²) >= 11 is 0. The molecule has 0 aliphatic carbocycles. The predicted octanol–water partition coefficient (Wildman–Crippen LogP) is 1.67. The molecule has 1 aromatic heterocycles. The minimum atomic E-state index is 1.43. The first kappa shape index (κ1) is 11.2. The van der Waals surface area contributed by atoms with Crippen LogP contribution in [0.5, 0.6) is 0 Å². The van der Waals surface area contributed by atoms with Gasteiger partial charge in [0.15, 0.2) is 0 Å². The van der Waals surface area contributed by atoms with Gasteiger partial charge in [-0.2, -0.15) is 5.26 Å². The summed E-state index contributed by atoms with van der Waals surface area (Å²) in [6.45, 7) is 0. The quantitative estimate of drug-likeness (QED) is 0.609. The standard InChI is InChI=1S/C5H8N2.C5H5N/c1-7(2)5-3-4-6;1-2-4-6-5-3-1/h3,5H,1-2H3;1-5H. The highest BCUT2D eigenvalue weighted by atomic mass is 15.0. The van der Waals surface area contributed by atoms with Gasteiger partial charge in [-0.3, -0.25) is 4.98 Å². The van der Waals surface area contributed by atoms with E-state index in [0.29, 0.717) is 0 Å². The van der Waals surface area contributed by atoms with Crippen molar-refractivity contribution in [3.05, 3.63) is 42.9 Å². The van der Waals surface area contributed by atoms with Crippen molar-refractivity contribution in [1.82, 2.24) is 9.88 Å². The average Bonchev–Trinajstić information content (AvgIpc) is 2.18. The minimum Gasteiger partial charge on any atom is -0.383 e. The number of aromatic nitrogens is 1. The van der Waals surface area contributed by atoms with E-state index in [1.54, 1.807) is 18.6 Å². The number of hydrogen-bond acceptors (Lipinski definition) is 3. The van der Waals surface area contributed by atoms with Gasteiger partial charge < -0.3 is 4.90 Å². The largest absolute Gasteiger partial charge is 0.383 e. The molecule has 0 saturated heterocycles. The summed E-state index contributed by atoms with van der Waals surface area (Å²) < 4.78 is 0. The lowest BCUT2D eigenvalue weighted by Gasteiger charge is -1.99. The summed E-state index contributed by atoms with van der Waals surface area (Å²) in [4.78, 5) is 5.59. The topological polar surface area (TPSA) is 39.9 Å². The molecule has 3 nitrogen and oxygen atoms in total. The van der Waals surface area contributed by atoms with E-state index in [0.717, 1.165) is 0 Å². The lowest BCUT2D eigenvalue weighted by Crippen LogP contribution is -1.99. The van der Waals surface area contributed by atoms with Crippen LogP contribution in [0.4, 0.5) is 0 Å². The maximum Gasteiger partial charge on any atom is 0.0927 e. The molecule has 68 valence electrons. The Morgan fingerprint density at radius 2 is 1.85 bits per heavy atom. The van der Waals surface area contributed by atoms with Crippen LogP contribution in [0.15, 0.2) is 42.9 Å². The summed E-state index contributed by atoms with van der Waals surface area (Å²) in [5, 5.41) is 7.95. The zero-order chi connectivity index (χ0) is 9.94. The molecule has 0 spiro atoms. The number of hydrogen-bond donors (Lipinski definition) is 0. The van der Waals surface area contributed by atoms with Crippen molar-refractivity contribution >= 4 is 0 Å². The van der Waals surface area contributed by atoms with Crippen LogP contribution in [0, 0.1) is 11.3 Å².